The molecule has 28 heavy (non-hydrogen) atoms. The van der Waals surface area contributed by atoms with Crippen LogP contribution in [0.2, 0.25) is 0 Å². The molecule has 0 bridgehead atoms. The highest BCUT2D eigenvalue weighted by Gasteiger charge is 2.33. The molecule has 3 rings (SSSR count). The molecule has 0 N–H and O–H groups in total. The van der Waals surface area contributed by atoms with Gasteiger partial charge in [-0.05, 0) is 26.0 Å². The number of likely N-dealkylation sites (N-methyl/N-ethyl adjacent to an activating group) is 1. The van der Waals surface area contributed by atoms with E-state index in [4.69, 9.17) is 4.74 Å². The number of carbonyl (C=O) groups excluding carboxylic acids is 2. The van der Waals surface area contributed by atoms with E-state index in [9.17, 15) is 14.0 Å². The van der Waals surface area contributed by atoms with E-state index in [1.165, 1.54) is 17.9 Å². The molecule has 0 aliphatic carbocycles. The van der Waals surface area contributed by atoms with E-state index < -0.39 is 0 Å². The number of nitrogens with zero attached hydrogens (tertiary/aromatic N) is 4. The number of halogens is 1. The first-order valence-corrected chi connectivity index (χ1v) is 9.21. The Balaban J connectivity index is 1.96. The predicted octanol–water partition coefficient (Wildman–Crippen LogP) is 2.01. The zero-order chi connectivity index (χ0) is 20.4. The predicted molar refractivity (Wildman–Crippen MR) is 102 cm³/mol. The quantitative estimate of drug-likeness (QED) is 0.804. The first-order chi connectivity index (χ1) is 13.3. The van der Waals surface area contributed by atoms with Gasteiger partial charge >= 0.3 is 0 Å². The zero-order valence-electron chi connectivity index (χ0n) is 16.6. The Morgan fingerprint density at radius 3 is 2.71 bits per heavy atom. The lowest BCUT2D eigenvalue weighted by Gasteiger charge is -2.36. The van der Waals surface area contributed by atoms with Crippen molar-refractivity contribution in [2.45, 2.75) is 26.8 Å². The van der Waals surface area contributed by atoms with Crippen molar-refractivity contribution in [1.82, 2.24) is 19.6 Å². The second-order valence-corrected chi connectivity index (χ2v) is 7.00. The van der Waals surface area contributed by atoms with Crippen molar-refractivity contribution in [1.29, 1.82) is 0 Å². The SMILES string of the molecule is CC(=O)N(C)CC(=O)N1CCOCC1c1c(C)nn(-c2ccccc2F)c1C. The van der Waals surface area contributed by atoms with Crippen LogP contribution in [-0.2, 0) is 14.3 Å². The molecule has 0 saturated carbocycles. The molecule has 2 amide bonds. The smallest absolute Gasteiger partial charge is 0.242 e. The minimum absolute atomic E-state index is 0.00534. The van der Waals surface area contributed by atoms with Crippen LogP contribution in [0.5, 0.6) is 0 Å². The lowest BCUT2D eigenvalue weighted by molar-refractivity contribution is -0.144. The average molecular weight is 388 g/mol. The van der Waals surface area contributed by atoms with Crippen LogP contribution in [-0.4, -0.2) is 64.7 Å². The number of hydrogen-bond acceptors (Lipinski definition) is 4. The molecule has 1 aliphatic heterocycles. The fraction of sp³-hybridized carbons (Fsp3) is 0.450. The van der Waals surface area contributed by atoms with Crippen LogP contribution in [0.15, 0.2) is 24.3 Å². The molecule has 1 aromatic heterocycles. The van der Waals surface area contributed by atoms with Crippen molar-refractivity contribution >= 4 is 11.8 Å². The minimum atomic E-state index is -0.365. The summed E-state index contributed by atoms with van der Waals surface area (Å²) in [6.07, 6.45) is 0. The van der Waals surface area contributed by atoms with Crippen LogP contribution in [0, 0.1) is 19.7 Å². The fourth-order valence-corrected chi connectivity index (χ4v) is 3.54. The number of carbonyl (C=O) groups is 2. The maximum Gasteiger partial charge on any atom is 0.242 e. The van der Waals surface area contributed by atoms with Gasteiger partial charge in [-0.2, -0.15) is 5.10 Å². The summed E-state index contributed by atoms with van der Waals surface area (Å²) in [5.41, 5.74) is 2.69. The maximum atomic E-state index is 14.3. The van der Waals surface area contributed by atoms with Gasteiger partial charge in [-0.25, -0.2) is 9.07 Å². The molecule has 1 fully saturated rings. The molecular weight excluding hydrogens is 363 g/mol. The minimum Gasteiger partial charge on any atom is -0.377 e. The Bertz CT molecular complexity index is 896. The van der Waals surface area contributed by atoms with Crippen LogP contribution in [0.25, 0.3) is 5.69 Å². The molecule has 1 saturated heterocycles. The Kier molecular flexibility index (Phi) is 5.79. The second kappa shape index (κ2) is 8.10. The van der Waals surface area contributed by atoms with Gasteiger partial charge in [0, 0.05) is 31.8 Å². The molecule has 150 valence electrons. The summed E-state index contributed by atoms with van der Waals surface area (Å²) in [5, 5.41) is 4.52. The van der Waals surface area contributed by atoms with Gasteiger partial charge in [0.2, 0.25) is 11.8 Å². The molecule has 1 aliphatic rings. The van der Waals surface area contributed by atoms with E-state index in [0.717, 1.165) is 11.3 Å². The van der Waals surface area contributed by atoms with Gasteiger partial charge in [-0.3, -0.25) is 9.59 Å². The van der Waals surface area contributed by atoms with Crippen LogP contribution in [0.4, 0.5) is 4.39 Å². The summed E-state index contributed by atoms with van der Waals surface area (Å²) in [6.45, 7) is 6.34. The molecule has 0 radical (unpaired) electrons. The summed E-state index contributed by atoms with van der Waals surface area (Å²) >= 11 is 0. The molecule has 1 unspecified atom stereocenters. The number of morpholine rings is 1. The standard InChI is InChI=1S/C20H25FN4O3/c1-13-20(14(2)25(22-13)17-8-6-5-7-16(17)21)18-12-28-10-9-24(18)19(27)11-23(4)15(3)26/h5-8,18H,9-12H2,1-4H3. The number of aromatic nitrogens is 2. The first kappa shape index (κ1) is 20.0. The highest BCUT2D eigenvalue weighted by atomic mass is 19.1. The third kappa shape index (κ3) is 3.77. The van der Waals surface area contributed by atoms with Gasteiger partial charge in [0.05, 0.1) is 31.5 Å². The highest BCUT2D eigenvalue weighted by molar-refractivity contribution is 5.84. The highest BCUT2D eigenvalue weighted by Crippen LogP contribution is 2.31. The number of hydrogen-bond donors (Lipinski definition) is 0. The Morgan fingerprint density at radius 2 is 2.04 bits per heavy atom. The number of para-hydroxylation sites is 1. The molecule has 7 nitrogen and oxygen atoms in total. The summed E-state index contributed by atoms with van der Waals surface area (Å²) < 4.78 is 21.5. The van der Waals surface area contributed by atoms with Crippen LogP contribution < -0.4 is 0 Å². The second-order valence-electron chi connectivity index (χ2n) is 7.00. The van der Waals surface area contributed by atoms with E-state index in [2.05, 4.69) is 5.10 Å². The molecule has 8 heteroatoms. The van der Waals surface area contributed by atoms with Crippen molar-refractivity contribution in [2.24, 2.45) is 0 Å². The van der Waals surface area contributed by atoms with Gasteiger partial charge in [0.1, 0.15) is 11.5 Å². The van der Waals surface area contributed by atoms with Crippen molar-refractivity contribution in [3.05, 3.63) is 47.0 Å². The van der Waals surface area contributed by atoms with E-state index in [0.29, 0.717) is 31.1 Å². The van der Waals surface area contributed by atoms with Crippen LogP contribution in [0.3, 0.4) is 0 Å². The van der Waals surface area contributed by atoms with Gasteiger partial charge in [0.25, 0.3) is 0 Å². The van der Waals surface area contributed by atoms with Crippen LogP contribution in [0.1, 0.15) is 29.9 Å². The lowest BCUT2D eigenvalue weighted by Crippen LogP contribution is -2.47. The van der Waals surface area contributed by atoms with E-state index >= 15 is 0 Å². The number of rotatable bonds is 4. The van der Waals surface area contributed by atoms with Crippen molar-refractivity contribution in [3.63, 3.8) is 0 Å². The Labute approximate surface area is 163 Å². The summed E-state index contributed by atoms with van der Waals surface area (Å²) in [7, 11) is 1.60. The van der Waals surface area contributed by atoms with Crippen molar-refractivity contribution in [3.8, 4) is 5.69 Å². The van der Waals surface area contributed by atoms with Gasteiger partial charge < -0.3 is 14.5 Å². The fourth-order valence-electron chi connectivity index (χ4n) is 3.54. The van der Waals surface area contributed by atoms with E-state index in [1.807, 2.05) is 13.8 Å². The van der Waals surface area contributed by atoms with Crippen LogP contribution >= 0.6 is 0 Å². The number of aryl methyl sites for hydroxylation is 1. The third-order valence-electron chi connectivity index (χ3n) is 5.12. The number of ether oxygens (including phenoxy) is 1. The van der Waals surface area contributed by atoms with Crippen molar-refractivity contribution < 1.29 is 18.7 Å². The van der Waals surface area contributed by atoms with Crippen molar-refractivity contribution in [2.75, 3.05) is 33.4 Å². The Hall–Kier alpha value is -2.74. The number of benzene rings is 1. The monoisotopic (exact) mass is 388 g/mol. The van der Waals surface area contributed by atoms with E-state index in [1.54, 1.807) is 34.8 Å². The zero-order valence-corrected chi connectivity index (χ0v) is 16.6. The number of amides is 2. The van der Waals surface area contributed by atoms with Gasteiger partial charge in [-0.15, -0.1) is 0 Å². The third-order valence-corrected chi connectivity index (χ3v) is 5.12. The summed E-state index contributed by atoms with van der Waals surface area (Å²) in [4.78, 5) is 27.4. The molecule has 2 heterocycles. The molecular formula is C20H25FN4O3. The molecule has 0 spiro atoms. The molecule has 2 aromatic rings. The lowest BCUT2D eigenvalue weighted by atomic mass is 10.0. The molecule has 1 atom stereocenters. The molecule has 1 aromatic carbocycles. The summed E-state index contributed by atoms with van der Waals surface area (Å²) in [6, 6.07) is 6.11. The Morgan fingerprint density at radius 1 is 1.32 bits per heavy atom. The average Bonchev–Trinajstić information content (AvgIpc) is 2.96. The van der Waals surface area contributed by atoms with Gasteiger partial charge in [0.15, 0.2) is 0 Å². The van der Waals surface area contributed by atoms with E-state index in [-0.39, 0.29) is 30.2 Å². The van der Waals surface area contributed by atoms with Gasteiger partial charge in [-0.1, -0.05) is 12.1 Å². The summed E-state index contributed by atoms with van der Waals surface area (Å²) in [5.74, 6) is -0.683. The first-order valence-electron chi connectivity index (χ1n) is 9.21. The maximum absolute atomic E-state index is 14.3. The largest absolute Gasteiger partial charge is 0.377 e. The topological polar surface area (TPSA) is 67.7 Å². The normalized spacial score (nSPS) is 16.9.